The molecule has 460 valence electrons. The highest BCUT2D eigenvalue weighted by atomic mass is 16.5. The Morgan fingerprint density at radius 1 is 0.359 bits per heavy atom. The number of unbranched alkanes of at least 4 members (excludes halogenated alkanes) is 51. The summed E-state index contributed by atoms with van der Waals surface area (Å²) in [6.07, 6.45) is 86.8. The number of aliphatic hydroxyl groups excluding tert-OH is 2. The molecule has 0 saturated carbocycles. The van der Waals surface area contributed by atoms with Crippen LogP contribution in [0, 0.1) is 0 Å². The summed E-state index contributed by atoms with van der Waals surface area (Å²) in [6, 6.07) is -0.624. The number of aliphatic hydroxyl groups is 2. The van der Waals surface area contributed by atoms with Crippen molar-refractivity contribution in [2.45, 2.75) is 398 Å². The highest BCUT2D eigenvalue weighted by molar-refractivity contribution is 5.76. The standard InChI is InChI=1S/C72H137NO5/c1-3-5-7-9-11-13-15-16-43-46-50-54-58-62-66-72(77)78-67-63-59-55-51-47-44-41-39-37-35-33-31-29-27-25-23-21-19-17-18-20-22-24-26-28-30-32-34-36-38-40-42-45-49-53-57-61-65-71(76)73-69(68-74)70(75)64-60-56-52-48-14-12-10-8-6-4-2/h17,19,23,25,60,64,69-70,74-75H,3-16,18,20-22,24,26-59,61-63,65-68H2,1-2H3,(H,73,76)/b19-17-,25-23-,64-60+. The quantitative estimate of drug-likeness (QED) is 0.0320. The van der Waals surface area contributed by atoms with Crippen LogP contribution in [-0.2, 0) is 14.3 Å². The molecule has 0 rings (SSSR count). The number of nitrogens with one attached hydrogen (secondary N) is 1. The van der Waals surface area contributed by atoms with Crippen LogP contribution < -0.4 is 5.32 Å². The van der Waals surface area contributed by atoms with Gasteiger partial charge < -0.3 is 20.3 Å². The van der Waals surface area contributed by atoms with Gasteiger partial charge in [0.2, 0.25) is 5.91 Å². The summed E-state index contributed by atoms with van der Waals surface area (Å²) < 4.78 is 5.49. The van der Waals surface area contributed by atoms with Crippen molar-refractivity contribution >= 4 is 11.9 Å². The predicted molar refractivity (Wildman–Crippen MR) is 343 cm³/mol. The third-order valence-corrected chi connectivity index (χ3v) is 16.4. The van der Waals surface area contributed by atoms with Gasteiger partial charge in [0.15, 0.2) is 0 Å². The average molecular weight is 1100 g/mol. The van der Waals surface area contributed by atoms with E-state index in [1.165, 1.54) is 315 Å². The molecule has 0 saturated heterocycles. The molecule has 2 atom stereocenters. The Kier molecular flexibility index (Phi) is 65.9. The third-order valence-electron chi connectivity index (χ3n) is 16.4. The van der Waals surface area contributed by atoms with Crippen LogP contribution in [0.2, 0.25) is 0 Å². The largest absolute Gasteiger partial charge is 0.466 e. The molecule has 0 aliphatic carbocycles. The summed E-state index contributed by atoms with van der Waals surface area (Å²) in [6.45, 7) is 4.91. The zero-order valence-electron chi connectivity index (χ0n) is 52.7. The SMILES string of the molecule is CCCCCCCCCC/C=C/C(O)C(CO)NC(=O)CCCCCCCCCCCCCCCCCCC/C=C\C/C=C\CCCCCCCCCCCCCCCOC(=O)CCCCCCCCCCCCCCCC. The van der Waals surface area contributed by atoms with Crippen molar-refractivity contribution in [1.29, 1.82) is 0 Å². The van der Waals surface area contributed by atoms with E-state index in [4.69, 9.17) is 4.74 Å². The number of amides is 1. The molecule has 6 nitrogen and oxygen atoms in total. The lowest BCUT2D eigenvalue weighted by Crippen LogP contribution is -2.45. The Morgan fingerprint density at radius 3 is 0.974 bits per heavy atom. The molecular weight excluding hydrogens is 959 g/mol. The van der Waals surface area contributed by atoms with Crippen molar-refractivity contribution in [3.05, 3.63) is 36.5 Å². The van der Waals surface area contributed by atoms with Crippen molar-refractivity contribution < 1.29 is 24.5 Å². The molecule has 0 aromatic heterocycles. The van der Waals surface area contributed by atoms with Crippen molar-refractivity contribution in [2.24, 2.45) is 0 Å². The van der Waals surface area contributed by atoms with E-state index in [0.717, 1.165) is 44.9 Å². The minimum atomic E-state index is -0.840. The predicted octanol–water partition coefficient (Wildman–Crippen LogP) is 22.7. The van der Waals surface area contributed by atoms with E-state index < -0.39 is 12.1 Å². The van der Waals surface area contributed by atoms with E-state index >= 15 is 0 Å². The van der Waals surface area contributed by atoms with Crippen LogP contribution in [0.5, 0.6) is 0 Å². The van der Waals surface area contributed by atoms with E-state index in [0.29, 0.717) is 19.4 Å². The van der Waals surface area contributed by atoms with E-state index in [-0.39, 0.29) is 18.5 Å². The average Bonchev–Trinajstić information content (AvgIpc) is 3.44. The Bertz CT molecular complexity index is 1260. The molecular formula is C72H137NO5. The van der Waals surface area contributed by atoms with Crippen molar-refractivity contribution in [2.75, 3.05) is 13.2 Å². The van der Waals surface area contributed by atoms with Gasteiger partial charge in [0.05, 0.1) is 25.4 Å². The van der Waals surface area contributed by atoms with E-state index in [1.54, 1.807) is 6.08 Å². The number of hydrogen-bond acceptors (Lipinski definition) is 5. The summed E-state index contributed by atoms with van der Waals surface area (Å²) in [7, 11) is 0. The zero-order valence-corrected chi connectivity index (χ0v) is 52.7. The lowest BCUT2D eigenvalue weighted by Gasteiger charge is -2.20. The van der Waals surface area contributed by atoms with Gasteiger partial charge in [-0.3, -0.25) is 9.59 Å². The first-order valence-corrected chi connectivity index (χ1v) is 35.3. The minimum absolute atomic E-state index is 0.0211. The van der Waals surface area contributed by atoms with Crippen LogP contribution in [-0.4, -0.2) is 47.4 Å². The molecule has 0 heterocycles. The maximum absolute atomic E-state index is 12.4. The number of carbonyl (C=O) groups excluding carboxylic acids is 2. The van der Waals surface area contributed by atoms with Gasteiger partial charge in [0.1, 0.15) is 0 Å². The molecule has 0 radical (unpaired) electrons. The molecule has 0 spiro atoms. The second kappa shape index (κ2) is 67.6. The Labute approximate surface area is 487 Å². The summed E-state index contributed by atoms with van der Waals surface area (Å²) >= 11 is 0. The van der Waals surface area contributed by atoms with Gasteiger partial charge >= 0.3 is 5.97 Å². The number of hydrogen-bond donors (Lipinski definition) is 3. The molecule has 0 aliphatic heterocycles. The van der Waals surface area contributed by atoms with Crippen LogP contribution in [0.15, 0.2) is 36.5 Å². The Balaban J connectivity index is 3.34. The molecule has 6 heteroatoms. The lowest BCUT2D eigenvalue weighted by molar-refractivity contribution is -0.143. The molecule has 0 bridgehead atoms. The van der Waals surface area contributed by atoms with Gasteiger partial charge in [-0.1, -0.05) is 346 Å². The number of rotatable bonds is 66. The smallest absolute Gasteiger partial charge is 0.305 e. The zero-order chi connectivity index (χ0) is 56.4. The fraction of sp³-hybridized carbons (Fsp3) is 0.889. The second-order valence-electron chi connectivity index (χ2n) is 24.2. The van der Waals surface area contributed by atoms with Crippen LogP contribution in [0.3, 0.4) is 0 Å². The number of allylic oxidation sites excluding steroid dienone is 5. The highest BCUT2D eigenvalue weighted by Crippen LogP contribution is 2.18. The molecule has 2 unspecified atom stereocenters. The van der Waals surface area contributed by atoms with Crippen LogP contribution in [0.1, 0.15) is 386 Å². The molecule has 78 heavy (non-hydrogen) atoms. The van der Waals surface area contributed by atoms with Gasteiger partial charge in [-0.25, -0.2) is 0 Å². The second-order valence-corrected chi connectivity index (χ2v) is 24.2. The topological polar surface area (TPSA) is 95.9 Å². The Hall–Kier alpha value is -1.92. The highest BCUT2D eigenvalue weighted by Gasteiger charge is 2.18. The minimum Gasteiger partial charge on any atom is -0.466 e. The van der Waals surface area contributed by atoms with Gasteiger partial charge in [-0.05, 0) is 64.2 Å². The summed E-state index contributed by atoms with van der Waals surface area (Å²) in [5, 5.41) is 23.0. The summed E-state index contributed by atoms with van der Waals surface area (Å²) in [5.41, 5.74) is 0. The monoisotopic (exact) mass is 1100 g/mol. The molecule has 0 aromatic carbocycles. The summed E-state index contributed by atoms with van der Waals surface area (Å²) in [4.78, 5) is 24.5. The fourth-order valence-electron chi connectivity index (χ4n) is 11.0. The first-order valence-electron chi connectivity index (χ1n) is 35.3. The first kappa shape index (κ1) is 76.1. The fourth-order valence-corrected chi connectivity index (χ4v) is 11.0. The van der Waals surface area contributed by atoms with Gasteiger partial charge in [0.25, 0.3) is 0 Å². The van der Waals surface area contributed by atoms with Gasteiger partial charge in [-0.15, -0.1) is 0 Å². The number of carbonyl (C=O) groups is 2. The van der Waals surface area contributed by atoms with Crippen LogP contribution in [0.4, 0.5) is 0 Å². The third kappa shape index (κ3) is 63.3. The maximum Gasteiger partial charge on any atom is 0.305 e. The Morgan fingerprint density at radius 2 is 0.641 bits per heavy atom. The van der Waals surface area contributed by atoms with Crippen molar-refractivity contribution in [1.82, 2.24) is 5.32 Å². The number of ether oxygens (including phenoxy) is 1. The molecule has 3 N–H and O–H groups in total. The van der Waals surface area contributed by atoms with Crippen molar-refractivity contribution in [3.8, 4) is 0 Å². The van der Waals surface area contributed by atoms with E-state index in [9.17, 15) is 19.8 Å². The first-order chi connectivity index (χ1) is 38.5. The molecule has 0 aromatic rings. The van der Waals surface area contributed by atoms with E-state index in [2.05, 4.69) is 43.5 Å². The molecule has 0 aliphatic rings. The van der Waals surface area contributed by atoms with Crippen molar-refractivity contribution in [3.63, 3.8) is 0 Å². The maximum atomic E-state index is 12.4. The summed E-state index contributed by atoms with van der Waals surface area (Å²) in [5.74, 6) is -0.0449. The molecule has 1 amide bonds. The number of esters is 1. The molecule has 0 fully saturated rings. The van der Waals surface area contributed by atoms with Crippen LogP contribution in [0.25, 0.3) is 0 Å². The van der Waals surface area contributed by atoms with Gasteiger partial charge in [-0.2, -0.15) is 0 Å². The normalized spacial score (nSPS) is 12.7. The van der Waals surface area contributed by atoms with E-state index in [1.807, 2.05) is 6.08 Å². The lowest BCUT2D eigenvalue weighted by atomic mass is 10.0. The van der Waals surface area contributed by atoms with Crippen LogP contribution >= 0.6 is 0 Å². The van der Waals surface area contributed by atoms with Gasteiger partial charge in [0, 0.05) is 12.8 Å².